The molecule has 0 amide bonds. The second-order valence-corrected chi connectivity index (χ2v) is 5.32. The van der Waals surface area contributed by atoms with Crippen molar-refractivity contribution in [2.45, 2.75) is 31.9 Å². The molecule has 0 bridgehead atoms. The van der Waals surface area contributed by atoms with Gasteiger partial charge in [0.1, 0.15) is 5.60 Å². The van der Waals surface area contributed by atoms with E-state index in [2.05, 4.69) is 17.2 Å². The van der Waals surface area contributed by atoms with Crippen LogP contribution in [0, 0.1) is 6.92 Å². The molecule has 0 radical (unpaired) electrons. The Morgan fingerprint density at radius 1 is 1.75 bits per heavy atom. The van der Waals surface area contributed by atoms with Gasteiger partial charge in [-0.15, -0.1) is 11.3 Å². The van der Waals surface area contributed by atoms with E-state index in [1.165, 1.54) is 4.88 Å². The summed E-state index contributed by atoms with van der Waals surface area (Å²) in [7, 11) is 0. The zero-order chi connectivity index (χ0) is 11.6. The first-order valence-electron chi connectivity index (χ1n) is 5.54. The maximum absolute atomic E-state index is 10.1. The van der Waals surface area contributed by atoms with E-state index in [-0.39, 0.29) is 6.04 Å². The van der Waals surface area contributed by atoms with E-state index in [0.29, 0.717) is 26.2 Å². The third-order valence-electron chi connectivity index (χ3n) is 3.00. The number of nitrogens with zero attached hydrogens (tertiary/aromatic N) is 1. The van der Waals surface area contributed by atoms with Gasteiger partial charge in [0.25, 0.3) is 0 Å². The lowest BCUT2D eigenvalue weighted by Gasteiger charge is -2.23. The molecule has 4 nitrogen and oxygen atoms in total. The van der Waals surface area contributed by atoms with Crippen molar-refractivity contribution in [1.29, 1.82) is 0 Å². The van der Waals surface area contributed by atoms with Gasteiger partial charge in [0.2, 0.25) is 0 Å². The highest BCUT2D eigenvalue weighted by Crippen LogP contribution is 2.23. The largest absolute Gasteiger partial charge is 0.386 e. The number of ether oxygens (including phenoxy) is 1. The first kappa shape index (κ1) is 12.0. The van der Waals surface area contributed by atoms with Gasteiger partial charge in [0, 0.05) is 30.5 Å². The van der Waals surface area contributed by atoms with E-state index in [1.54, 1.807) is 11.3 Å². The minimum absolute atomic E-state index is 0.233. The molecule has 2 heterocycles. The fourth-order valence-electron chi connectivity index (χ4n) is 1.90. The smallest absolute Gasteiger partial charge is 0.103 e. The van der Waals surface area contributed by atoms with Gasteiger partial charge in [-0.25, -0.2) is 4.98 Å². The third kappa shape index (κ3) is 2.60. The fraction of sp³-hybridized carbons (Fsp3) is 0.727. The number of hydrogen-bond acceptors (Lipinski definition) is 5. The molecular weight excluding hydrogens is 224 g/mol. The van der Waals surface area contributed by atoms with Gasteiger partial charge in [-0.1, -0.05) is 0 Å². The molecule has 0 aliphatic carbocycles. The molecule has 2 N–H and O–H groups in total. The van der Waals surface area contributed by atoms with Gasteiger partial charge in [0.05, 0.1) is 17.8 Å². The Labute approximate surface area is 99.7 Å². The molecule has 1 aliphatic rings. The van der Waals surface area contributed by atoms with Crippen molar-refractivity contribution in [3.05, 3.63) is 16.1 Å². The van der Waals surface area contributed by atoms with Gasteiger partial charge in [-0.3, -0.25) is 0 Å². The summed E-state index contributed by atoms with van der Waals surface area (Å²) in [6, 6.07) is 0.233. The summed E-state index contributed by atoms with van der Waals surface area (Å²) >= 11 is 1.65. The average molecular weight is 242 g/mol. The van der Waals surface area contributed by atoms with Crippen molar-refractivity contribution in [3.63, 3.8) is 0 Å². The quantitative estimate of drug-likeness (QED) is 0.834. The van der Waals surface area contributed by atoms with Crippen molar-refractivity contribution < 1.29 is 9.84 Å². The molecule has 0 spiro atoms. The van der Waals surface area contributed by atoms with Crippen LogP contribution < -0.4 is 5.32 Å². The minimum atomic E-state index is -0.688. The van der Waals surface area contributed by atoms with Crippen LogP contribution in [0.25, 0.3) is 0 Å². The summed E-state index contributed by atoms with van der Waals surface area (Å²) < 4.78 is 5.21. The zero-order valence-electron chi connectivity index (χ0n) is 9.69. The van der Waals surface area contributed by atoms with Crippen molar-refractivity contribution in [3.8, 4) is 0 Å². The van der Waals surface area contributed by atoms with Crippen LogP contribution in [-0.4, -0.2) is 35.5 Å². The van der Waals surface area contributed by atoms with E-state index in [9.17, 15) is 5.11 Å². The standard InChI is InChI=1S/C11H18N2O2S/c1-8(10-9(2)13-7-16-10)12-5-11(14)3-4-15-6-11/h7-8,12,14H,3-6H2,1-2H3. The van der Waals surface area contributed by atoms with E-state index >= 15 is 0 Å². The predicted molar refractivity (Wildman–Crippen MR) is 63.7 cm³/mol. The predicted octanol–water partition coefficient (Wildman–Crippen LogP) is 1.25. The number of aryl methyl sites for hydroxylation is 1. The number of rotatable bonds is 4. The van der Waals surface area contributed by atoms with Crippen molar-refractivity contribution in [1.82, 2.24) is 10.3 Å². The second kappa shape index (κ2) is 4.79. The highest BCUT2D eigenvalue weighted by Gasteiger charge is 2.32. The maximum atomic E-state index is 10.1. The molecule has 5 heteroatoms. The molecule has 1 fully saturated rings. The van der Waals surface area contributed by atoms with Crippen molar-refractivity contribution in [2.24, 2.45) is 0 Å². The van der Waals surface area contributed by atoms with Crippen molar-refractivity contribution >= 4 is 11.3 Å². The molecule has 1 saturated heterocycles. The molecule has 1 aliphatic heterocycles. The van der Waals surface area contributed by atoms with E-state index in [0.717, 1.165) is 5.69 Å². The highest BCUT2D eigenvalue weighted by atomic mass is 32.1. The number of nitrogens with one attached hydrogen (secondary N) is 1. The topological polar surface area (TPSA) is 54.4 Å². The fourth-order valence-corrected chi connectivity index (χ4v) is 2.73. The van der Waals surface area contributed by atoms with Gasteiger partial charge in [-0.05, 0) is 13.8 Å². The van der Waals surface area contributed by atoms with Crippen LogP contribution in [0.4, 0.5) is 0 Å². The summed E-state index contributed by atoms with van der Waals surface area (Å²) in [6.45, 7) is 5.78. The Hall–Kier alpha value is -0.490. The Bertz CT molecular complexity index is 348. The molecule has 0 aromatic carbocycles. The van der Waals surface area contributed by atoms with E-state index in [1.807, 2.05) is 12.4 Å². The summed E-state index contributed by atoms with van der Waals surface area (Å²) in [5, 5.41) is 13.5. The van der Waals surface area contributed by atoms with Crippen LogP contribution in [0.15, 0.2) is 5.51 Å². The Morgan fingerprint density at radius 2 is 2.56 bits per heavy atom. The average Bonchev–Trinajstić information content (AvgIpc) is 2.85. The van der Waals surface area contributed by atoms with Crippen LogP contribution in [-0.2, 0) is 4.74 Å². The van der Waals surface area contributed by atoms with Gasteiger partial charge >= 0.3 is 0 Å². The maximum Gasteiger partial charge on any atom is 0.103 e. The molecule has 16 heavy (non-hydrogen) atoms. The lowest BCUT2D eigenvalue weighted by atomic mass is 10.0. The van der Waals surface area contributed by atoms with Crippen LogP contribution in [0.1, 0.15) is 30.0 Å². The third-order valence-corrected chi connectivity index (χ3v) is 4.11. The summed E-state index contributed by atoms with van der Waals surface area (Å²) in [6.07, 6.45) is 0.717. The van der Waals surface area contributed by atoms with Gasteiger partial charge in [-0.2, -0.15) is 0 Å². The number of aromatic nitrogens is 1. The van der Waals surface area contributed by atoms with Gasteiger partial charge < -0.3 is 15.2 Å². The van der Waals surface area contributed by atoms with E-state index in [4.69, 9.17) is 4.74 Å². The first-order chi connectivity index (χ1) is 7.61. The Morgan fingerprint density at radius 3 is 3.12 bits per heavy atom. The van der Waals surface area contributed by atoms with Crippen LogP contribution in [0.2, 0.25) is 0 Å². The Kier molecular flexibility index (Phi) is 3.59. The summed E-state index contributed by atoms with van der Waals surface area (Å²) in [5.74, 6) is 0. The first-order valence-corrected chi connectivity index (χ1v) is 6.42. The van der Waals surface area contributed by atoms with E-state index < -0.39 is 5.60 Å². The normalized spacial score (nSPS) is 27.2. The van der Waals surface area contributed by atoms with Crippen molar-refractivity contribution in [2.75, 3.05) is 19.8 Å². The minimum Gasteiger partial charge on any atom is -0.386 e. The SMILES string of the molecule is Cc1ncsc1C(C)NCC1(O)CCOC1. The molecule has 2 atom stereocenters. The zero-order valence-corrected chi connectivity index (χ0v) is 10.5. The molecule has 1 aromatic heterocycles. The number of aliphatic hydroxyl groups is 1. The molecule has 0 saturated carbocycles. The van der Waals surface area contributed by atoms with Crippen LogP contribution in [0.5, 0.6) is 0 Å². The number of thiazole rings is 1. The van der Waals surface area contributed by atoms with Crippen LogP contribution in [0.3, 0.4) is 0 Å². The molecule has 90 valence electrons. The molecule has 2 rings (SSSR count). The lowest BCUT2D eigenvalue weighted by Crippen LogP contribution is -2.41. The van der Waals surface area contributed by atoms with Crippen LogP contribution >= 0.6 is 11.3 Å². The number of hydrogen-bond donors (Lipinski definition) is 2. The second-order valence-electron chi connectivity index (χ2n) is 4.43. The monoisotopic (exact) mass is 242 g/mol. The Balaban J connectivity index is 1.88. The molecule has 2 unspecified atom stereocenters. The summed E-state index contributed by atoms with van der Waals surface area (Å²) in [5.41, 5.74) is 2.24. The highest BCUT2D eigenvalue weighted by molar-refractivity contribution is 7.09. The molecular formula is C11H18N2O2S. The summed E-state index contributed by atoms with van der Waals surface area (Å²) in [4.78, 5) is 5.46. The van der Waals surface area contributed by atoms with Gasteiger partial charge in [0.15, 0.2) is 0 Å². The lowest BCUT2D eigenvalue weighted by molar-refractivity contribution is 0.0252. The molecule has 1 aromatic rings.